The average Bonchev–Trinajstić information content (AvgIpc) is 3.02. The lowest BCUT2D eigenvalue weighted by molar-refractivity contribution is -0.191. The third kappa shape index (κ3) is 2.57. The number of hydrogen-bond acceptors (Lipinski definition) is 5. The molecule has 29 heavy (non-hydrogen) atoms. The van der Waals surface area contributed by atoms with Crippen LogP contribution in [0, 0.1) is 22.7 Å². The number of anilines is 1. The second-order valence-corrected chi connectivity index (χ2v) is 10.2. The molecule has 5 aliphatic rings. The van der Waals surface area contributed by atoms with Crippen molar-refractivity contribution in [2.24, 2.45) is 22.7 Å². The van der Waals surface area contributed by atoms with Crippen molar-refractivity contribution < 1.29 is 24.5 Å². The molecule has 6 atom stereocenters. The van der Waals surface area contributed by atoms with Crippen LogP contribution in [-0.2, 0) is 14.3 Å². The van der Waals surface area contributed by atoms with Gasteiger partial charge in [-0.05, 0) is 62.5 Å². The Morgan fingerprint density at radius 2 is 2.00 bits per heavy atom. The molecule has 4 bridgehead atoms. The first-order valence-electron chi connectivity index (χ1n) is 10.7. The highest BCUT2D eigenvalue weighted by Crippen LogP contribution is 2.73. The molecule has 156 valence electrons. The van der Waals surface area contributed by atoms with Crippen molar-refractivity contribution in [3.05, 3.63) is 18.2 Å². The zero-order valence-electron chi connectivity index (χ0n) is 17.0. The van der Waals surface area contributed by atoms with E-state index in [0.29, 0.717) is 18.8 Å². The molecule has 0 aromatic heterocycles. The molecule has 1 amide bonds. The lowest BCUT2D eigenvalue weighted by atomic mass is 9.48. The summed E-state index contributed by atoms with van der Waals surface area (Å²) in [6, 6.07) is 4.33. The van der Waals surface area contributed by atoms with Gasteiger partial charge in [-0.1, -0.05) is 13.0 Å². The summed E-state index contributed by atoms with van der Waals surface area (Å²) >= 11 is 0. The van der Waals surface area contributed by atoms with Crippen molar-refractivity contribution in [3.63, 3.8) is 0 Å². The first-order valence-corrected chi connectivity index (χ1v) is 10.7. The fourth-order valence-corrected chi connectivity index (χ4v) is 7.38. The molecular formula is C23H29NO5. The van der Waals surface area contributed by atoms with E-state index in [2.05, 4.69) is 12.2 Å². The number of Topliss-reactive ketones (excluding diaryl/α,β-unsaturated/α-hetero) is 1. The number of phenols is 2. The molecule has 2 heterocycles. The Hall–Kier alpha value is -2.08. The van der Waals surface area contributed by atoms with Crippen LogP contribution in [0.2, 0.25) is 0 Å². The van der Waals surface area contributed by atoms with Crippen LogP contribution in [0.25, 0.3) is 0 Å². The van der Waals surface area contributed by atoms with Crippen molar-refractivity contribution in [1.29, 1.82) is 0 Å². The van der Waals surface area contributed by atoms with Crippen molar-refractivity contribution in [3.8, 4) is 11.5 Å². The largest absolute Gasteiger partial charge is 0.506 e. The number of para-hydroxylation sites is 1. The van der Waals surface area contributed by atoms with E-state index in [1.807, 2.05) is 6.92 Å². The molecule has 2 unspecified atom stereocenters. The fourth-order valence-electron chi connectivity index (χ4n) is 7.38. The lowest BCUT2D eigenvalue weighted by Crippen LogP contribution is -2.58. The van der Waals surface area contributed by atoms with Crippen LogP contribution >= 0.6 is 0 Å². The summed E-state index contributed by atoms with van der Waals surface area (Å²) in [6.07, 6.45) is 5.49. The molecule has 1 spiro atoms. The number of nitrogens with one attached hydrogen (secondary N) is 1. The van der Waals surface area contributed by atoms with Gasteiger partial charge in [-0.2, -0.15) is 0 Å². The number of ether oxygens (including phenoxy) is 1. The number of benzene rings is 1. The van der Waals surface area contributed by atoms with Gasteiger partial charge in [0, 0.05) is 24.2 Å². The van der Waals surface area contributed by atoms with Gasteiger partial charge in [0.2, 0.25) is 5.91 Å². The quantitative estimate of drug-likeness (QED) is 0.670. The van der Waals surface area contributed by atoms with E-state index in [4.69, 9.17) is 4.74 Å². The van der Waals surface area contributed by atoms with E-state index in [1.165, 1.54) is 18.2 Å². The van der Waals surface area contributed by atoms with E-state index in [-0.39, 0.29) is 58.3 Å². The third-order valence-corrected chi connectivity index (χ3v) is 8.52. The van der Waals surface area contributed by atoms with E-state index in [0.717, 1.165) is 25.7 Å². The van der Waals surface area contributed by atoms with Crippen molar-refractivity contribution in [1.82, 2.24) is 0 Å². The molecule has 6 rings (SSSR count). The normalized spacial score (nSPS) is 42.1. The zero-order chi connectivity index (χ0) is 20.6. The number of carbonyl (C=O) groups excluding carboxylic acids is 2. The molecule has 1 aromatic rings. The minimum Gasteiger partial charge on any atom is -0.506 e. The Morgan fingerprint density at radius 3 is 2.69 bits per heavy atom. The molecule has 0 radical (unpaired) electrons. The van der Waals surface area contributed by atoms with Gasteiger partial charge in [0.15, 0.2) is 0 Å². The number of phenolic OH excluding ortho intramolecular Hbond substituents is 2. The summed E-state index contributed by atoms with van der Waals surface area (Å²) < 4.78 is 6.46. The summed E-state index contributed by atoms with van der Waals surface area (Å²) in [6.45, 7) is 4.27. The molecule has 1 aromatic carbocycles. The molecule has 2 aliphatic heterocycles. The maximum atomic E-state index is 13.1. The maximum Gasteiger partial charge on any atom is 0.224 e. The van der Waals surface area contributed by atoms with Crippen molar-refractivity contribution >= 4 is 17.4 Å². The Labute approximate surface area is 170 Å². The lowest BCUT2D eigenvalue weighted by Gasteiger charge is -2.57. The minimum atomic E-state index is -0.572. The summed E-state index contributed by atoms with van der Waals surface area (Å²) in [5, 5.41) is 22.4. The van der Waals surface area contributed by atoms with Crippen LogP contribution in [0.3, 0.4) is 0 Å². The molecule has 3 aliphatic carbocycles. The fraction of sp³-hybridized carbons (Fsp3) is 0.652. The number of carbonyl (C=O) groups is 2. The third-order valence-electron chi connectivity index (χ3n) is 8.52. The predicted octanol–water partition coefficient (Wildman–Crippen LogP) is 3.76. The maximum absolute atomic E-state index is 13.1. The Balaban J connectivity index is 1.35. The number of amides is 1. The molecule has 6 nitrogen and oxygen atoms in total. The van der Waals surface area contributed by atoms with Gasteiger partial charge in [0.25, 0.3) is 0 Å². The average molecular weight is 399 g/mol. The summed E-state index contributed by atoms with van der Waals surface area (Å²) in [5.41, 5.74) is -0.404. The van der Waals surface area contributed by atoms with Gasteiger partial charge in [-0.15, -0.1) is 0 Å². The van der Waals surface area contributed by atoms with Gasteiger partial charge in [0.05, 0.1) is 11.7 Å². The van der Waals surface area contributed by atoms with Crippen LogP contribution in [0.5, 0.6) is 11.5 Å². The topological polar surface area (TPSA) is 95.9 Å². The van der Waals surface area contributed by atoms with Gasteiger partial charge in [0.1, 0.15) is 23.0 Å². The molecule has 5 fully saturated rings. The number of hydrogen-bond donors (Lipinski definition) is 3. The molecule has 3 saturated carbocycles. The van der Waals surface area contributed by atoms with Crippen molar-refractivity contribution in [2.45, 2.75) is 70.5 Å². The van der Waals surface area contributed by atoms with E-state index >= 15 is 0 Å². The SMILES string of the molecule is C[C@]12C[C@@]34CCC(=O)[C@@](C)(CCC(=O)Nc5c(O)cccc5O)C3[C@H](CC1C4)O2. The van der Waals surface area contributed by atoms with Crippen LogP contribution in [0.4, 0.5) is 5.69 Å². The van der Waals surface area contributed by atoms with Crippen molar-refractivity contribution in [2.75, 3.05) is 5.32 Å². The monoisotopic (exact) mass is 399 g/mol. The highest BCUT2D eigenvalue weighted by Gasteiger charge is 2.72. The second kappa shape index (κ2) is 5.97. The van der Waals surface area contributed by atoms with Gasteiger partial charge < -0.3 is 20.3 Å². The smallest absolute Gasteiger partial charge is 0.224 e. The predicted molar refractivity (Wildman–Crippen MR) is 107 cm³/mol. The van der Waals surface area contributed by atoms with Crippen LogP contribution in [0.15, 0.2) is 18.2 Å². The Kier molecular flexibility index (Phi) is 3.90. The van der Waals surface area contributed by atoms with E-state index in [9.17, 15) is 19.8 Å². The second-order valence-electron chi connectivity index (χ2n) is 10.2. The number of aromatic hydroxyl groups is 2. The standard InChI is InChI=1S/C23H29NO5/c1-21(8-7-18(28)24-19-14(25)4-3-5-15(19)26)17(27)6-9-23-11-13-10-16(20(21)23)29-22(13,2)12-23/h3-5,13,16,20,25-26H,6-12H2,1-2H3,(H,24,28)/t13?,16-,20?,21+,22-,23-/m0/s1. The number of ketones is 1. The summed E-state index contributed by atoms with van der Waals surface area (Å²) in [7, 11) is 0. The minimum absolute atomic E-state index is 0.0171. The molecular weight excluding hydrogens is 370 g/mol. The Morgan fingerprint density at radius 1 is 1.28 bits per heavy atom. The highest BCUT2D eigenvalue weighted by molar-refractivity contribution is 5.94. The van der Waals surface area contributed by atoms with E-state index in [1.54, 1.807) is 0 Å². The summed E-state index contributed by atoms with van der Waals surface area (Å²) in [5.74, 6) is 0.360. The van der Waals surface area contributed by atoms with Gasteiger partial charge in [-0.3, -0.25) is 9.59 Å². The van der Waals surface area contributed by atoms with E-state index < -0.39 is 5.41 Å². The van der Waals surface area contributed by atoms with Crippen LogP contribution in [0.1, 0.15) is 58.8 Å². The van der Waals surface area contributed by atoms with Crippen LogP contribution in [-0.4, -0.2) is 33.6 Å². The molecule has 3 N–H and O–H groups in total. The molecule has 2 saturated heterocycles. The summed E-state index contributed by atoms with van der Waals surface area (Å²) in [4.78, 5) is 25.7. The molecule has 6 heteroatoms. The zero-order valence-corrected chi connectivity index (χ0v) is 17.0. The Bertz CT molecular complexity index is 879. The van der Waals surface area contributed by atoms with Gasteiger partial charge >= 0.3 is 0 Å². The highest BCUT2D eigenvalue weighted by atomic mass is 16.5. The number of rotatable bonds is 4. The van der Waals surface area contributed by atoms with Gasteiger partial charge in [-0.25, -0.2) is 0 Å². The first-order chi connectivity index (χ1) is 13.7. The van der Waals surface area contributed by atoms with Crippen LogP contribution < -0.4 is 5.32 Å². The first kappa shape index (κ1) is 18.9.